The number of anilines is 1. The van der Waals surface area contributed by atoms with Gasteiger partial charge in [0.2, 0.25) is 0 Å². The summed E-state index contributed by atoms with van der Waals surface area (Å²) in [6, 6.07) is 8.99. The van der Waals surface area contributed by atoms with Gasteiger partial charge in [0.25, 0.3) is 5.56 Å². The molecule has 0 aliphatic rings. The van der Waals surface area contributed by atoms with E-state index in [1.54, 1.807) is 12.3 Å². The summed E-state index contributed by atoms with van der Waals surface area (Å²) >= 11 is 0. The average Bonchev–Trinajstić information content (AvgIpc) is 3.03. The molecule has 0 spiro atoms. The van der Waals surface area contributed by atoms with Gasteiger partial charge in [0.05, 0.1) is 29.9 Å². The summed E-state index contributed by atoms with van der Waals surface area (Å²) in [6.07, 6.45) is 2.57. The smallest absolute Gasteiger partial charge is 0.320 e. The third-order valence-electron chi connectivity index (χ3n) is 4.48. The number of nitrogens with zero attached hydrogens (tertiary/aromatic N) is 4. The van der Waals surface area contributed by atoms with Crippen molar-refractivity contribution in [2.24, 2.45) is 0 Å². The lowest BCUT2D eigenvalue weighted by Gasteiger charge is -2.14. The third kappa shape index (κ3) is 4.16. The molecule has 0 fully saturated rings. The van der Waals surface area contributed by atoms with E-state index in [-0.39, 0.29) is 24.2 Å². The minimum atomic E-state index is -0.340. The minimum absolute atomic E-state index is 0.166. The van der Waals surface area contributed by atoms with Gasteiger partial charge in [-0.25, -0.2) is 14.2 Å². The van der Waals surface area contributed by atoms with E-state index in [0.29, 0.717) is 17.7 Å². The Kier molecular flexibility index (Phi) is 5.54. The topological polar surface area (TPSA) is 93.8 Å². The zero-order valence-electron chi connectivity index (χ0n) is 15.8. The second-order valence-electron chi connectivity index (χ2n) is 6.51. The summed E-state index contributed by atoms with van der Waals surface area (Å²) in [4.78, 5) is 24.6. The van der Waals surface area contributed by atoms with Gasteiger partial charge in [0, 0.05) is 18.0 Å². The molecule has 1 aromatic carbocycles. The molecule has 3 rings (SSSR count). The van der Waals surface area contributed by atoms with Gasteiger partial charge in [-0.05, 0) is 26.3 Å². The molecule has 0 aliphatic heterocycles. The first-order valence-electron chi connectivity index (χ1n) is 9.05. The number of carbonyl (C=O) groups is 1. The Morgan fingerprint density at radius 3 is 2.85 bits per heavy atom. The van der Waals surface area contributed by atoms with Crippen LogP contribution in [0.25, 0.3) is 10.8 Å². The molecule has 2 amide bonds. The highest BCUT2D eigenvalue weighted by Crippen LogP contribution is 2.18. The fourth-order valence-electron chi connectivity index (χ4n) is 2.84. The van der Waals surface area contributed by atoms with E-state index < -0.39 is 0 Å². The fraction of sp³-hybridized carbons (Fsp3) is 0.368. The largest absolute Gasteiger partial charge is 0.336 e. The van der Waals surface area contributed by atoms with E-state index in [1.807, 2.05) is 42.8 Å². The summed E-state index contributed by atoms with van der Waals surface area (Å²) in [5, 5.41) is 15.6. The molecule has 8 nitrogen and oxygen atoms in total. The Morgan fingerprint density at radius 1 is 1.30 bits per heavy atom. The summed E-state index contributed by atoms with van der Waals surface area (Å²) in [5.41, 5.74) is 0.679. The van der Waals surface area contributed by atoms with Gasteiger partial charge >= 0.3 is 6.03 Å². The second kappa shape index (κ2) is 8.03. The zero-order valence-corrected chi connectivity index (χ0v) is 15.8. The van der Waals surface area contributed by atoms with Crippen molar-refractivity contribution < 1.29 is 4.79 Å². The fourth-order valence-corrected chi connectivity index (χ4v) is 2.84. The SMILES string of the molecule is CCC(C)n1nc(C)cc1NC(=O)NCCn1ncc2ccccc2c1=O. The van der Waals surface area contributed by atoms with Crippen LogP contribution >= 0.6 is 0 Å². The van der Waals surface area contributed by atoms with Gasteiger partial charge in [-0.3, -0.25) is 10.1 Å². The lowest BCUT2D eigenvalue weighted by molar-refractivity contribution is 0.251. The van der Waals surface area contributed by atoms with Gasteiger partial charge < -0.3 is 5.32 Å². The number of aryl methyl sites for hydroxylation is 1. The Labute approximate surface area is 157 Å². The van der Waals surface area contributed by atoms with Crippen LogP contribution in [0.5, 0.6) is 0 Å². The number of fused-ring (bicyclic) bond motifs is 1. The first kappa shape index (κ1) is 18.6. The van der Waals surface area contributed by atoms with Crippen molar-refractivity contribution in [3.63, 3.8) is 0 Å². The number of rotatable bonds is 6. The summed E-state index contributed by atoms with van der Waals surface area (Å²) in [5.74, 6) is 0.653. The van der Waals surface area contributed by atoms with Crippen molar-refractivity contribution in [3.8, 4) is 0 Å². The van der Waals surface area contributed by atoms with Gasteiger partial charge in [0.15, 0.2) is 0 Å². The van der Waals surface area contributed by atoms with E-state index in [1.165, 1.54) is 4.68 Å². The van der Waals surface area contributed by atoms with Crippen molar-refractivity contribution in [2.75, 3.05) is 11.9 Å². The van der Waals surface area contributed by atoms with E-state index >= 15 is 0 Å². The maximum absolute atomic E-state index is 12.4. The second-order valence-corrected chi connectivity index (χ2v) is 6.51. The highest BCUT2D eigenvalue weighted by atomic mass is 16.2. The van der Waals surface area contributed by atoms with E-state index in [9.17, 15) is 9.59 Å². The van der Waals surface area contributed by atoms with Crippen LogP contribution in [0.4, 0.5) is 10.6 Å². The van der Waals surface area contributed by atoms with Crippen LogP contribution in [0.15, 0.2) is 41.3 Å². The lowest BCUT2D eigenvalue weighted by Crippen LogP contribution is -2.35. The number of hydrogen-bond acceptors (Lipinski definition) is 4. The number of hydrogen-bond donors (Lipinski definition) is 2. The van der Waals surface area contributed by atoms with Crippen LogP contribution < -0.4 is 16.2 Å². The van der Waals surface area contributed by atoms with Crippen molar-refractivity contribution in [1.82, 2.24) is 24.9 Å². The van der Waals surface area contributed by atoms with Crippen LogP contribution in [-0.4, -0.2) is 32.1 Å². The number of carbonyl (C=O) groups excluding carboxylic acids is 1. The van der Waals surface area contributed by atoms with Crippen LogP contribution in [-0.2, 0) is 6.54 Å². The Hall–Kier alpha value is -3.16. The molecular formula is C19H24N6O2. The number of amides is 2. The number of nitrogens with one attached hydrogen (secondary N) is 2. The van der Waals surface area contributed by atoms with Gasteiger partial charge in [-0.1, -0.05) is 25.1 Å². The predicted molar refractivity (Wildman–Crippen MR) is 105 cm³/mol. The molecule has 2 aromatic heterocycles. The molecule has 8 heteroatoms. The van der Waals surface area contributed by atoms with Gasteiger partial charge in [0.1, 0.15) is 5.82 Å². The minimum Gasteiger partial charge on any atom is -0.336 e. The van der Waals surface area contributed by atoms with E-state index in [2.05, 4.69) is 27.8 Å². The van der Waals surface area contributed by atoms with Crippen LogP contribution in [0, 0.1) is 6.92 Å². The standard InChI is InChI=1S/C19H24N6O2/c1-4-14(3)25-17(11-13(2)23-25)22-19(27)20-9-10-24-18(26)16-8-6-5-7-15(16)12-21-24/h5-8,11-12,14H,4,9-10H2,1-3H3,(H2,20,22,27). The molecule has 1 unspecified atom stereocenters. The van der Waals surface area contributed by atoms with Crippen molar-refractivity contribution >= 4 is 22.6 Å². The Bertz CT molecular complexity index is 1010. The molecule has 1 atom stereocenters. The summed E-state index contributed by atoms with van der Waals surface area (Å²) in [6.45, 7) is 6.58. The zero-order chi connectivity index (χ0) is 19.4. The first-order valence-corrected chi connectivity index (χ1v) is 9.05. The Balaban J connectivity index is 1.61. The van der Waals surface area contributed by atoms with Crippen LogP contribution in [0.1, 0.15) is 32.0 Å². The summed E-state index contributed by atoms with van der Waals surface area (Å²) < 4.78 is 3.17. The average molecular weight is 368 g/mol. The van der Waals surface area contributed by atoms with Crippen molar-refractivity contribution in [3.05, 3.63) is 52.6 Å². The highest BCUT2D eigenvalue weighted by Gasteiger charge is 2.13. The number of aromatic nitrogens is 4. The first-order chi connectivity index (χ1) is 13.0. The van der Waals surface area contributed by atoms with Gasteiger partial charge in [-0.15, -0.1) is 0 Å². The number of benzene rings is 1. The van der Waals surface area contributed by atoms with Gasteiger partial charge in [-0.2, -0.15) is 10.2 Å². The Morgan fingerprint density at radius 2 is 2.07 bits per heavy atom. The van der Waals surface area contributed by atoms with E-state index in [4.69, 9.17) is 0 Å². The molecule has 0 saturated carbocycles. The maximum Gasteiger partial charge on any atom is 0.320 e. The molecule has 2 N–H and O–H groups in total. The molecule has 2 heterocycles. The predicted octanol–water partition coefficient (Wildman–Crippen LogP) is 2.69. The molecule has 142 valence electrons. The third-order valence-corrected chi connectivity index (χ3v) is 4.48. The monoisotopic (exact) mass is 368 g/mol. The molecule has 0 radical (unpaired) electrons. The molecule has 3 aromatic rings. The molecule has 0 saturated heterocycles. The summed E-state index contributed by atoms with van der Waals surface area (Å²) in [7, 11) is 0. The molecular weight excluding hydrogens is 344 g/mol. The maximum atomic E-state index is 12.4. The van der Waals surface area contributed by atoms with Crippen LogP contribution in [0.2, 0.25) is 0 Å². The highest BCUT2D eigenvalue weighted by molar-refractivity contribution is 5.88. The normalized spacial score (nSPS) is 12.1. The lowest BCUT2D eigenvalue weighted by atomic mass is 10.2. The molecule has 27 heavy (non-hydrogen) atoms. The number of urea groups is 1. The molecule has 0 aliphatic carbocycles. The quantitative estimate of drug-likeness (QED) is 0.699. The molecule has 0 bridgehead atoms. The van der Waals surface area contributed by atoms with Crippen molar-refractivity contribution in [1.29, 1.82) is 0 Å². The van der Waals surface area contributed by atoms with Crippen LogP contribution in [0.3, 0.4) is 0 Å². The van der Waals surface area contributed by atoms with E-state index in [0.717, 1.165) is 17.5 Å². The van der Waals surface area contributed by atoms with Crippen molar-refractivity contribution in [2.45, 2.75) is 39.8 Å².